The Kier molecular flexibility index (Phi) is 5.68. The minimum absolute atomic E-state index is 0.298. The summed E-state index contributed by atoms with van der Waals surface area (Å²) in [6, 6.07) is 7.34. The van der Waals surface area contributed by atoms with Gasteiger partial charge in [0.2, 0.25) is 0 Å². The van der Waals surface area contributed by atoms with Crippen LogP contribution in [0.25, 0.3) is 11.4 Å². The normalized spacial score (nSPS) is 14.3. The average Bonchev–Trinajstić information content (AvgIpc) is 2.67. The summed E-state index contributed by atoms with van der Waals surface area (Å²) in [5.74, 6) is 0.816. The molecule has 1 aromatic heterocycles. The second kappa shape index (κ2) is 8.14. The van der Waals surface area contributed by atoms with Crippen molar-refractivity contribution in [2.75, 3.05) is 43.5 Å². The molecule has 7 nitrogen and oxygen atoms in total. The molecular weight excluding hydrogens is 332 g/mol. The molecule has 2 heterocycles. The number of carbonyl (C=O) groups is 1. The second-order valence-corrected chi connectivity index (χ2v) is 6.00. The predicted octanol–water partition coefficient (Wildman–Crippen LogP) is 2.30. The molecule has 2 aromatic rings. The lowest BCUT2D eigenvalue weighted by molar-refractivity contribution is 0.0518. The fraction of sp³-hybridized carbons (Fsp3) is 0.421. The molecule has 26 heavy (non-hydrogen) atoms. The van der Waals surface area contributed by atoms with E-state index in [1.54, 1.807) is 19.1 Å². The Bertz CT molecular complexity index is 788. The van der Waals surface area contributed by atoms with Gasteiger partial charge in [-0.3, -0.25) is 0 Å². The van der Waals surface area contributed by atoms with E-state index in [1.807, 2.05) is 19.1 Å². The largest absolute Gasteiger partial charge is 0.461 e. The lowest BCUT2D eigenvalue weighted by atomic mass is 10.1. The van der Waals surface area contributed by atoms with Crippen molar-refractivity contribution in [3.05, 3.63) is 35.5 Å². The molecule has 0 amide bonds. The van der Waals surface area contributed by atoms with Gasteiger partial charge in [0, 0.05) is 29.9 Å². The van der Waals surface area contributed by atoms with Gasteiger partial charge in [-0.1, -0.05) is 19.1 Å². The SMILES string of the molecule is CCOC(=O)c1nc(-c2cccc(N)c2)nc(N2CCOCC2)c1CC. The molecular formula is C19H24N4O3. The van der Waals surface area contributed by atoms with Gasteiger partial charge in [-0.2, -0.15) is 0 Å². The summed E-state index contributed by atoms with van der Waals surface area (Å²) >= 11 is 0. The van der Waals surface area contributed by atoms with Gasteiger partial charge in [0.05, 0.1) is 19.8 Å². The summed E-state index contributed by atoms with van der Waals surface area (Å²) in [4.78, 5) is 24.0. The van der Waals surface area contributed by atoms with E-state index in [9.17, 15) is 4.79 Å². The molecule has 0 unspecified atom stereocenters. The Morgan fingerprint density at radius 1 is 1.27 bits per heavy atom. The van der Waals surface area contributed by atoms with Gasteiger partial charge in [0.15, 0.2) is 11.5 Å². The number of hydrogen-bond donors (Lipinski definition) is 1. The molecule has 2 N–H and O–H groups in total. The van der Waals surface area contributed by atoms with Gasteiger partial charge in [-0.15, -0.1) is 0 Å². The number of morpholine rings is 1. The van der Waals surface area contributed by atoms with E-state index in [1.165, 1.54) is 0 Å². The lowest BCUT2D eigenvalue weighted by Crippen LogP contribution is -2.38. The molecule has 1 saturated heterocycles. The number of hydrogen-bond acceptors (Lipinski definition) is 7. The molecule has 0 spiro atoms. The van der Waals surface area contributed by atoms with Crippen LogP contribution in [0.15, 0.2) is 24.3 Å². The third kappa shape index (κ3) is 3.77. The standard InChI is InChI=1S/C19H24N4O3/c1-3-15-16(19(24)26-4-2)21-17(13-6-5-7-14(20)12-13)22-18(15)23-8-10-25-11-9-23/h5-7,12H,3-4,8-11,20H2,1-2H3. The van der Waals surface area contributed by atoms with Crippen LogP contribution in [-0.4, -0.2) is 48.8 Å². The first-order valence-electron chi connectivity index (χ1n) is 8.90. The maximum atomic E-state index is 12.5. The van der Waals surface area contributed by atoms with Crippen LogP contribution in [0, 0.1) is 0 Å². The van der Waals surface area contributed by atoms with Gasteiger partial charge in [0.1, 0.15) is 5.82 Å². The number of benzene rings is 1. The van der Waals surface area contributed by atoms with Crippen molar-refractivity contribution in [3.8, 4) is 11.4 Å². The highest BCUT2D eigenvalue weighted by molar-refractivity contribution is 5.91. The summed E-state index contributed by atoms with van der Waals surface area (Å²) in [6.45, 7) is 6.79. The predicted molar refractivity (Wildman–Crippen MR) is 100 cm³/mol. The van der Waals surface area contributed by atoms with Crippen molar-refractivity contribution < 1.29 is 14.3 Å². The maximum Gasteiger partial charge on any atom is 0.357 e. The van der Waals surface area contributed by atoms with Crippen LogP contribution in [0.3, 0.4) is 0 Å². The third-order valence-corrected chi connectivity index (χ3v) is 4.26. The molecule has 3 rings (SSSR count). The lowest BCUT2D eigenvalue weighted by Gasteiger charge is -2.30. The highest BCUT2D eigenvalue weighted by Gasteiger charge is 2.25. The zero-order valence-electron chi connectivity index (χ0n) is 15.2. The zero-order chi connectivity index (χ0) is 18.5. The number of nitrogens with two attached hydrogens (primary N) is 1. The summed E-state index contributed by atoms with van der Waals surface area (Å²) < 4.78 is 10.7. The Morgan fingerprint density at radius 3 is 2.69 bits per heavy atom. The first kappa shape index (κ1) is 18.1. The van der Waals surface area contributed by atoms with Crippen LogP contribution < -0.4 is 10.6 Å². The number of nitrogen functional groups attached to an aromatic ring is 1. The van der Waals surface area contributed by atoms with Crippen LogP contribution in [0.1, 0.15) is 29.9 Å². The molecule has 7 heteroatoms. The van der Waals surface area contributed by atoms with Gasteiger partial charge in [0.25, 0.3) is 0 Å². The van der Waals surface area contributed by atoms with Crippen LogP contribution >= 0.6 is 0 Å². The smallest absolute Gasteiger partial charge is 0.357 e. The van der Waals surface area contributed by atoms with Gasteiger partial charge >= 0.3 is 5.97 Å². The highest BCUT2D eigenvalue weighted by Crippen LogP contribution is 2.28. The van der Waals surface area contributed by atoms with E-state index in [2.05, 4.69) is 9.88 Å². The minimum Gasteiger partial charge on any atom is -0.461 e. The molecule has 0 radical (unpaired) electrons. The molecule has 1 aliphatic heterocycles. The molecule has 1 fully saturated rings. The summed E-state index contributed by atoms with van der Waals surface area (Å²) in [5.41, 5.74) is 8.42. The van der Waals surface area contributed by atoms with Crippen molar-refractivity contribution >= 4 is 17.5 Å². The van der Waals surface area contributed by atoms with E-state index in [0.29, 0.717) is 43.4 Å². The number of aromatic nitrogens is 2. The molecule has 1 aromatic carbocycles. The van der Waals surface area contributed by atoms with Crippen molar-refractivity contribution in [3.63, 3.8) is 0 Å². The number of anilines is 2. The molecule has 0 aliphatic carbocycles. The maximum absolute atomic E-state index is 12.5. The van der Waals surface area contributed by atoms with E-state index < -0.39 is 5.97 Å². The van der Waals surface area contributed by atoms with E-state index in [4.69, 9.17) is 20.2 Å². The van der Waals surface area contributed by atoms with Gasteiger partial charge in [-0.05, 0) is 25.5 Å². The number of rotatable bonds is 5. The Balaban J connectivity index is 2.15. The first-order chi connectivity index (χ1) is 12.6. The van der Waals surface area contributed by atoms with Crippen LogP contribution in [-0.2, 0) is 15.9 Å². The van der Waals surface area contributed by atoms with Crippen molar-refractivity contribution in [2.24, 2.45) is 0 Å². The van der Waals surface area contributed by atoms with Crippen molar-refractivity contribution in [1.29, 1.82) is 0 Å². The molecule has 0 atom stereocenters. The quantitative estimate of drug-likeness (QED) is 0.649. The first-order valence-corrected chi connectivity index (χ1v) is 8.90. The minimum atomic E-state index is -0.425. The fourth-order valence-corrected chi connectivity index (χ4v) is 3.01. The zero-order valence-corrected chi connectivity index (χ0v) is 15.2. The molecule has 1 aliphatic rings. The van der Waals surface area contributed by atoms with Crippen LogP contribution in [0.5, 0.6) is 0 Å². The van der Waals surface area contributed by atoms with E-state index >= 15 is 0 Å². The van der Waals surface area contributed by atoms with Gasteiger partial charge in [-0.25, -0.2) is 14.8 Å². The van der Waals surface area contributed by atoms with Crippen LogP contribution in [0.2, 0.25) is 0 Å². The van der Waals surface area contributed by atoms with Crippen molar-refractivity contribution in [1.82, 2.24) is 9.97 Å². The number of esters is 1. The number of nitrogens with zero attached hydrogens (tertiary/aromatic N) is 3. The molecule has 138 valence electrons. The summed E-state index contributed by atoms with van der Waals surface area (Å²) in [7, 11) is 0. The Morgan fingerprint density at radius 2 is 2.04 bits per heavy atom. The Labute approximate surface area is 153 Å². The summed E-state index contributed by atoms with van der Waals surface area (Å²) in [5, 5.41) is 0. The second-order valence-electron chi connectivity index (χ2n) is 6.00. The van der Waals surface area contributed by atoms with E-state index in [-0.39, 0.29) is 0 Å². The molecule has 0 saturated carbocycles. The third-order valence-electron chi connectivity index (χ3n) is 4.26. The monoisotopic (exact) mass is 356 g/mol. The van der Waals surface area contributed by atoms with Crippen LogP contribution in [0.4, 0.5) is 11.5 Å². The number of carbonyl (C=O) groups excluding carboxylic acids is 1. The number of ether oxygens (including phenoxy) is 2. The highest BCUT2D eigenvalue weighted by atomic mass is 16.5. The fourth-order valence-electron chi connectivity index (χ4n) is 3.01. The topological polar surface area (TPSA) is 90.6 Å². The summed E-state index contributed by atoms with van der Waals surface area (Å²) in [6.07, 6.45) is 0.637. The van der Waals surface area contributed by atoms with E-state index in [0.717, 1.165) is 30.0 Å². The molecule has 0 bridgehead atoms. The van der Waals surface area contributed by atoms with Crippen molar-refractivity contribution in [2.45, 2.75) is 20.3 Å². The Hall–Kier alpha value is -2.67. The van der Waals surface area contributed by atoms with Gasteiger partial charge < -0.3 is 20.1 Å². The average molecular weight is 356 g/mol.